The standard InChI is InChI=1S/C17H28N2OS/c1-13(2)8-18-9-17-19-16(12-21-17)11-20-10-15-7-5-4-6-14(15)3/h4-5,12-15,18H,6-11H2,1-3H3. The Morgan fingerprint density at radius 1 is 1.38 bits per heavy atom. The lowest BCUT2D eigenvalue weighted by Gasteiger charge is -2.24. The van der Waals surface area contributed by atoms with E-state index in [0.29, 0.717) is 18.4 Å². The van der Waals surface area contributed by atoms with Gasteiger partial charge in [0.1, 0.15) is 5.01 Å². The second-order valence-electron chi connectivity index (χ2n) is 6.45. The van der Waals surface area contributed by atoms with Crippen molar-refractivity contribution in [1.82, 2.24) is 10.3 Å². The molecule has 0 amide bonds. The molecule has 0 radical (unpaired) electrons. The summed E-state index contributed by atoms with van der Waals surface area (Å²) >= 11 is 1.72. The highest BCUT2D eigenvalue weighted by atomic mass is 32.1. The molecular weight excluding hydrogens is 280 g/mol. The van der Waals surface area contributed by atoms with Crippen LogP contribution in [0.1, 0.15) is 44.3 Å². The van der Waals surface area contributed by atoms with E-state index in [9.17, 15) is 0 Å². The summed E-state index contributed by atoms with van der Waals surface area (Å²) < 4.78 is 5.88. The van der Waals surface area contributed by atoms with E-state index in [-0.39, 0.29) is 0 Å². The molecular formula is C17H28N2OS. The quantitative estimate of drug-likeness (QED) is 0.737. The molecule has 0 aliphatic heterocycles. The number of aromatic nitrogens is 1. The smallest absolute Gasteiger partial charge is 0.107 e. The van der Waals surface area contributed by atoms with Crippen molar-refractivity contribution < 1.29 is 4.74 Å². The van der Waals surface area contributed by atoms with Gasteiger partial charge < -0.3 is 10.1 Å². The highest BCUT2D eigenvalue weighted by Crippen LogP contribution is 2.25. The third-order valence-corrected chi connectivity index (χ3v) is 4.83. The Morgan fingerprint density at radius 2 is 2.19 bits per heavy atom. The zero-order valence-corrected chi connectivity index (χ0v) is 14.3. The van der Waals surface area contributed by atoms with E-state index in [1.165, 1.54) is 6.42 Å². The second-order valence-corrected chi connectivity index (χ2v) is 7.40. The number of nitrogens with one attached hydrogen (secondary N) is 1. The van der Waals surface area contributed by atoms with Crippen LogP contribution < -0.4 is 5.32 Å². The molecule has 1 aromatic heterocycles. The predicted octanol–water partition coefficient (Wildman–Crippen LogP) is 4.01. The first-order valence-electron chi connectivity index (χ1n) is 8.02. The summed E-state index contributed by atoms with van der Waals surface area (Å²) in [6.07, 6.45) is 6.92. The van der Waals surface area contributed by atoms with Crippen molar-refractivity contribution in [2.45, 2.75) is 46.8 Å². The molecule has 0 fully saturated rings. The Bertz CT molecular complexity index is 442. The number of nitrogens with zero attached hydrogens (tertiary/aromatic N) is 1. The average molecular weight is 308 g/mol. The molecule has 0 saturated heterocycles. The molecule has 21 heavy (non-hydrogen) atoms. The maximum atomic E-state index is 5.88. The SMILES string of the molecule is CC(C)CNCc1nc(COCC2CC=CCC2C)cs1. The first-order chi connectivity index (χ1) is 10.1. The molecule has 0 spiro atoms. The van der Waals surface area contributed by atoms with Crippen molar-refractivity contribution in [3.05, 3.63) is 28.2 Å². The number of hydrogen-bond donors (Lipinski definition) is 1. The summed E-state index contributed by atoms with van der Waals surface area (Å²) in [7, 11) is 0. The van der Waals surface area contributed by atoms with Crippen LogP contribution in [0.25, 0.3) is 0 Å². The summed E-state index contributed by atoms with van der Waals surface area (Å²) in [5, 5.41) is 6.70. The van der Waals surface area contributed by atoms with Crippen LogP contribution in [0.2, 0.25) is 0 Å². The molecule has 0 saturated carbocycles. The van der Waals surface area contributed by atoms with E-state index in [1.807, 2.05) is 0 Å². The third-order valence-electron chi connectivity index (χ3n) is 3.93. The monoisotopic (exact) mass is 308 g/mol. The molecule has 0 bridgehead atoms. The van der Waals surface area contributed by atoms with E-state index < -0.39 is 0 Å². The van der Waals surface area contributed by atoms with Gasteiger partial charge >= 0.3 is 0 Å². The largest absolute Gasteiger partial charge is 0.375 e. The average Bonchev–Trinajstić information content (AvgIpc) is 2.88. The molecule has 1 aliphatic rings. The fraction of sp³-hybridized carbons (Fsp3) is 0.706. The summed E-state index contributed by atoms with van der Waals surface area (Å²) in [5.74, 6) is 2.08. The van der Waals surface area contributed by atoms with Crippen molar-refractivity contribution >= 4 is 11.3 Å². The molecule has 1 aliphatic carbocycles. The summed E-state index contributed by atoms with van der Waals surface area (Å²) in [4.78, 5) is 4.63. The van der Waals surface area contributed by atoms with E-state index >= 15 is 0 Å². The van der Waals surface area contributed by atoms with Crippen molar-refractivity contribution in [3.8, 4) is 0 Å². The van der Waals surface area contributed by atoms with Gasteiger partial charge in [-0.25, -0.2) is 4.98 Å². The van der Waals surface area contributed by atoms with Crippen LogP contribution in [0.3, 0.4) is 0 Å². The van der Waals surface area contributed by atoms with Gasteiger partial charge in [-0.15, -0.1) is 11.3 Å². The van der Waals surface area contributed by atoms with E-state index in [2.05, 4.69) is 48.6 Å². The number of hydrogen-bond acceptors (Lipinski definition) is 4. The van der Waals surface area contributed by atoms with Crippen LogP contribution in [0.4, 0.5) is 0 Å². The molecule has 2 atom stereocenters. The lowest BCUT2D eigenvalue weighted by molar-refractivity contribution is 0.0664. The molecule has 1 aromatic rings. The molecule has 4 heteroatoms. The van der Waals surface area contributed by atoms with Gasteiger partial charge in [-0.05, 0) is 37.1 Å². The Balaban J connectivity index is 1.67. The zero-order chi connectivity index (χ0) is 15.1. The Morgan fingerprint density at radius 3 is 2.95 bits per heavy atom. The third kappa shape index (κ3) is 5.89. The zero-order valence-electron chi connectivity index (χ0n) is 13.5. The van der Waals surface area contributed by atoms with E-state index in [0.717, 1.165) is 42.7 Å². The number of rotatable bonds is 8. The van der Waals surface area contributed by atoms with E-state index in [1.54, 1.807) is 11.3 Å². The highest BCUT2D eigenvalue weighted by Gasteiger charge is 2.18. The van der Waals surface area contributed by atoms with Crippen LogP contribution in [-0.2, 0) is 17.9 Å². The fourth-order valence-corrected chi connectivity index (χ4v) is 3.27. The molecule has 0 aromatic carbocycles. The van der Waals surface area contributed by atoms with Gasteiger partial charge in [-0.2, -0.15) is 0 Å². The van der Waals surface area contributed by atoms with Gasteiger partial charge in [0.05, 0.1) is 18.9 Å². The van der Waals surface area contributed by atoms with Gasteiger partial charge in [-0.1, -0.05) is 32.9 Å². The molecule has 2 rings (SSSR count). The normalized spacial score (nSPS) is 22.1. The Labute approximate surface area is 132 Å². The van der Waals surface area contributed by atoms with Crippen LogP contribution in [-0.4, -0.2) is 18.1 Å². The minimum absolute atomic E-state index is 0.646. The lowest BCUT2D eigenvalue weighted by Crippen LogP contribution is -2.19. The minimum Gasteiger partial charge on any atom is -0.375 e. The van der Waals surface area contributed by atoms with Gasteiger partial charge in [0.25, 0.3) is 0 Å². The van der Waals surface area contributed by atoms with Gasteiger partial charge in [0.15, 0.2) is 0 Å². The Kier molecular flexibility index (Phi) is 6.87. The van der Waals surface area contributed by atoms with Crippen molar-refractivity contribution in [3.63, 3.8) is 0 Å². The second kappa shape index (κ2) is 8.66. The number of ether oxygens (including phenoxy) is 1. The van der Waals surface area contributed by atoms with Crippen LogP contribution in [0.5, 0.6) is 0 Å². The van der Waals surface area contributed by atoms with Crippen LogP contribution in [0, 0.1) is 17.8 Å². The highest BCUT2D eigenvalue weighted by molar-refractivity contribution is 7.09. The molecule has 1 heterocycles. The summed E-state index contributed by atoms with van der Waals surface area (Å²) in [6.45, 7) is 10.2. The number of allylic oxidation sites excluding steroid dienone is 2. The topological polar surface area (TPSA) is 34.2 Å². The molecule has 3 nitrogen and oxygen atoms in total. The van der Waals surface area contributed by atoms with Crippen LogP contribution in [0.15, 0.2) is 17.5 Å². The maximum Gasteiger partial charge on any atom is 0.107 e. The minimum atomic E-state index is 0.646. The lowest BCUT2D eigenvalue weighted by atomic mass is 9.85. The predicted molar refractivity (Wildman–Crippen MR) is 89.3 cm³/mol. The first-order valence-corrected chi connectivity index (χ1v) is 8.90. The van der Waals surface area contributed by atoms with Crippen molar-refractivity contribution in [2.24, 2.45) is 17.8 Å². The van der Waals surface area contributed by atoms with Crippen LogP contribution >= 0.6 is 11.3 Å². The van der Waals surface area contributed by atoms with Gasteiger partial charge in [-0.3, -0.25) is 0 Å². The van der Waals surface area contributed by atoms with Gasteiger partial charge in [0, 0.05) is 11.9 Å². The molecule has 2 unspecified atom stereocenters. The Hall–Kier alpha value is -0.710. The molecule has 118 valence electrons. The molecule has 1 N–H and O–H groups in total. The summed E-state index contributed by atoms with van der Waals surface area (Å²) in [6, 6.07) is 0. The van der Waals surface area contributed by atoms with Crippen molar-refractivity contribution in [1.29, 1.82) is 0 Å². The van der Waals surface area contributed by atoms with Gasteiger partial charge in [0.2, 0.25) is 0 Å². The first kappa shape index (κ1) is 16.7. The summed E-state index contributed by atoms with van der Waals surface area (Å²) in [5.41, 5.74) is 1.07. The maximum absolute atomic E-state index is 5.88. The fourth-order valence-electron chi connectivity index (χ4n) is 2.52. The van der Waals surface area contributed by atoms with Crippen molar-refractivity contribution in [2.75, 3.05) is 13.2 Å². The van der Waals surface area contributed by atoms with E-state index in [4.69, 9.17) is 4.74 Å². The number of thiazole rings is 1.